The first-order valence-electron chi connectivity index (χ1n) is 11.6. The molecule has 3 unspecified atom stereocenters. The van der Waals surface area contributed by atoms with Crippen LogP contribution in [0.5, 0.6) is 0 Å². The quantitative estimate of drug-likeness (QED) is 0.273. The molecule has 29 heavy (non-hydrogen) atoms. The second kappa shape index (κ2) is 13.3. The van der Waals surface area contributed by atoms with Crippen LogP contribution in [0.25, 0.3) is 0 Å². The molecule has 1 aromatic rings. The first-order valence-corrected chi connectivity index (χ1v) is 11.6. The Bertz CT molecular complexity index is 635. The van der Waals surface area contributed by atoms with Crippen molar-refractivity contribution in [2.75, 3.05) is 0 Å². The molecule has 1 aliphatic carbocycles. The highest BCUT2D eigenvalue weighted by molar-refractivity contribution is 5.90. The van der Waals surface area contributed by atoms with Gasteiger partial charge < -0.3 is 5.11 Å². The van der Waals surface area contributed by atoms with Crippen LogP contribution in [0.3, 0.4) is 0 Å². The van der Waals surface area contributed by atoms with Gasteiger partial charge in [-0.15, -0.1) is 0 Å². The second-order valence-corrected chi connectivity index (χ2v) is 8.63. The topological polar surface area (TPSA) is 54.4 Å². The number of carboxylic acid groups (broad SMARTS) is 1. The summed E-state index contributed by atoms with van der Waals surface area (Å²) in [6, 6.07) is 10.4. The van der Waals surface area contributed by atoms with Crippen LogP contribution in [-0.4, -0.2) is 16.9 Å². The number of carboxylic acids is 1. The van der Waals surface area contributed by atoms with Gasteiger partial charge in [-0.1, -0.05) is 75.4 Å². The Kier molecular flexibility index (Phi) is 10.8. The minimum absolute atomic E-state index is 0.256. The Hall–Kier alpha value is -1.90. The van der Waals surface area contributed by atoms with Crippen molar-refractivity contribution in [3.05, 3.63) is 48.0 Å². The zero-order valence-corrected chi connectivity index (χ0v) is 18.0. The van der Waals surface area contributed by atoms with Gasteiger partial charge in [0.05, 0.1) is 0 Å². The van der Waals surface area contributed by atoms with Crippen LogP contribution in [0.2, 0.25) is 0 Å². The third kappa shape index (κ3) is 8.97. The molecule has 3 heteroatoms. The van der Waals surface area contributed by atoms with Gasteiger partial charge in [0, 0.05) is 12.8 Å². The number of ketones is 1. The number of aliphatic carboxylic acids is 1. The summed E-state index contributed by atoms with van der Waals surface area (Å²) < 4.78 is 0. The number of allylic oxidation sites excluding steroid dienone is 2. The van der Waals surface area contributed by atoms with E-state index in [0.717, 1.165) is 32.1 Å². The summed E-state index contributed by atoms with van der Waals surface area (Å²) in [4.78, 5) is 23.2. The summed E-state index contributed by atoms with van der Waals surface area (Å²) in [5.41, 5.74) is 1.28. The Morgan fingerprint density at radius 3 is 2.59 bits per heavy atom. The van der Waals surface area contributed by atoms with E-state index < -0.39 is 5.97 Å². The molecular weight excluding hydrogens is 360 g/mol. The molecule has 1 fully saturated rings. The molecule has 3 nitrogen and oxygen atoms in total. The number of rotatable bonds is 14. The molecule has 3 atom stereocenters. The molecule has 1 N–H and O–H groups in total. The first-order chi connectivity index (χ1) is 14.1. The Balaban J connectivity index is 1.76. The van der Waals surface area contributed by atoms with Crippen LogP contribution in [-0.2, 0) is 9.59 Å². The summed E-state index contributed by atoms with van der Waals surface area (Å²) in [5.74, 6) is 1.12. The summed E-state index contributed by atoms with van der Waals surface area (Å²) in [7, 11) is 0. The first kappa shape index (κ1) is 23.4. The molecule has 0 bridgehead atoms. The molecule has 0 amide bonds. The van der Waals surface area contributed by atoms with E-state index in [0.29, 0.717) is 30.6 Å². The van der Waals surface area contributed by atoms with Crippen molar-refractivity contribution in [2.24, 2.45) is 11.8 Å². The Morgan fingerprint density at radius 1 is 1.10 bits per heavy atom. The SMILES string of the molecule is CCCC(CC(=O)/C=C/C1CCCC1CCCCCCC(=O)O)c1ccccc1. The third-order valence-electron chi connectivity index (χ3n) is 6.32. The molecule has 0 heterocycles. The standard InChI is InChI=1S/C26H38O3/c1-2-11-24(22-13-7-5-8-14-22)20-25(27)19-18-23-16-10-15-21(23)12-6-3-4-9-17-26(28)29/h5,7-8,13-14,18-19,21,23-24H,2-4,6,9-12,15-17,20H2,1H3,(H,28,29)/b19-18+. The van der Waals surface area contributed by atoms with Gasteiger partial charge >= 0.3 is 5.97 Å². The fourth-order valence-corrected chi connectivity index (χ4v) is 4.72. The summed E-state index contributed by atoms with van der Waals surface area (Å²) in [6.07, 6.45) is 16.1. The van der Waals surface area contributed by atoms with Crippen molar-refractivity contribution in [3.63, 3.8) is 0 Å². The number of carbonyl (C=O) groups is 2. The van der Waals surface area contributed by atoms with Gasteiger partial charge in [0.15, 0.2) is 5.78 Å². The maximum absolute atomic E-state index is 12.6. The van der Waals surface area contributed by atoms with Gasteiger partial charge in [0.1, 0.15) is 0 Å². The van der Waals surface area contributed by atoms with E-state index in [4.69, 9.17) is 5.11 Å². The van der Waals surface area contributed by atoms with E-state index in [9.17, 15) is 9.59 Å². The molecule has 0 radical (unpaired) electrons. The lowest BCUT2D eigenvalue weighted by Crippen LogP contribution is -2.08. The van der Waals surface area contributed by atoms with E-state index in [-0.39, 0.29) is 5.78 Å². The summed E-state index contributed by atoms with van der Waals surface area (Å²) in [5, 5.41) is 8.70. The van der Waals surface area contributed by atoms with Crippen LogP contribution in [0.15, 0.2) is 42.5 Å². The van der Waals surface area contributed by atoms with Crippen LogP contribution < -0.4 is 0 Å². The van der Waals surface area contributed by atoms with Crippen LogP contribution in [0.1, 0.15) is 95.5 Å². The van der Waals surface area contributed by atoms with E-state index in [2.05, 4.69) is 37.3 Å². The number of unbranched alkanes of at least 4 members (excludes halogenated alkanes) is 3. The van der Waals surface area contributed by atoms with E-state index in [1.165, 1.54) is 37.7 Å². The van der Waals surface area contributed by atoms with Crippen molar-refractivity contribution in [1.29, 1.82) is 0 Å². The number of hydrogen-bond donors (Lipinski definition) is 1. The van der Waals surface area contributed by atoms with Crippen molar-refractivity contribution in [1.82, 2.24) is 0 Å². The number of hydrogen-bond acceptors (Lipinski definition) is 2. The molecule has 1 aliphatic rings. The number of carbonyl (C=O) groups excluding carboxylic acids is 1. The average Bonchev–Trinajstić information content (AvgIpc) is 3.16. The Morgan fingerprint density at radius 2 is 1.86 bits per heavy atom. The van der Waals surface area contributed by atoms with E-state index in [1.54, 1.807) is 0 Å². The van der Waals surface area contributed by atoms with Crippen LogP contribution in [0, 0.1) is 11.8 Å². The largest absolute Gasteiger partial charge is 0.481 e. The van der Waals surface area contributed by atoms with Crippen molar-refractivity contribution < 1.29 is 14.7 Å². The molecule has 0 aromatic heterocycles. The van der Waals surface area contributed by atoms with E-state index >= 15 is 0 Å². The summed E-state index contributed by atoms with van der Waals surface area (Å²) >= 11 is 0. The van der Waals surface area contributed by atoms with Gasteiger partial charge in [-0.3, -0.25) is 9.59 Å². The van der Waals surface area contributed by atoms with Gasteiger partial charge in [0.2, 0.25) is 0 Å². The van der Waals surface area contributed by atoms with E-state index in [1.807, 2.05) is 12.1 Å². The molecule has 0 saturated heterocycles. The second-order valence-electron chi connectivity index (χ2n) is 8.63. The van der Waals surface area contributed by atoms with Crippen LogP contribution >= 0.6 is 0 Å². The zero-order chi connectivity index (χ0) is 20.9. The summed E-state index contributed by atoms with van der Waals surface area (Å²) in [6.45, 7) is 2.18. The lowest BCUT2D eigenvalue weighted by molar-refractivity contribution is -0.137. The highest BCUT2D eigenvalue weighted by atomic mass is 16.4. The molecule has 1 aromatic carbocycles. The Labute approximate surface area is 176 Å². The average molecular weight is 399 g/mol. The maximum atomic E-state index is 12.6. The molecule has 1 saturated carbocycles. The predicted molar refractivity (Wildman–Crippen MR) is 119 cm³/mol. The highest BCUT2D eigenvalue weighted by Gasteiger charge is 2.25. The normalized spacial score (nSPS) is 20.2. The highest BCUT2D eigenvalue weighted by Crippen LogP contribution is 2.36. The predicted octanol–water partition coefficient (Wildman–Crippen LogP) is 6.93. The minimum atomic E-state index is -0.691. The van der Waals surface area contributed by atoms with Gasteiger partial charge in [-0.05, 0) is 61.5 Å². The van der Waals surface area contributed by atoms with Crippen molar-refractivity contribution >= 4 is 11.8 Å². The molecule has 2 rings (SSSR count). The minimum Gasteiger partial charge on any atom is -0.481 e. The third-order valence-corrected chi connectivity index (χ3v) is 6.32. The van der Waals surface area contributed by atoms with Gasteiger partial charge in [-0.2, -0.15) is 0 Å². The fourth-order valence-electron chi connectivity index (χ4n) is 4.72. The van der Waals surface area contributed by atoms with Gasteiger partial charge in [-0.25, -0.2) is 0 Å². The molecule has 160 valence electrons. The lowest BCUT2D eigenvalue weighted by atomic mass is 9.88. The molecule has 0 aliphatic heterocycles. The van der Waals surface area contributed by atoms with Crippen molar-refractivity contribution in [3.8, 4) is 0 Å². The van der Waals surface area contributed by atoms with Gasteiger partial charge in [0.25, 0.3) is 0 Å². The zero-order valence-electron chi connectivity index (χ0n) is 18.0. The molecule has 0 spiro atoms. The molecular formula is C26H38O3. The number of benzene rings is 1. The maximum Gasteiger partial charge on any atom is 0.303 e. The monoisotopic (exact) mass is 398 g/mol. The lowest BCUT2D eigenvalue weighted by Gasteiger charge is -2.17. The van der Waals surface area contributed by atoms with Crippen molar-refractivity contribution in [2.45, 2.75) is 89.9 Å². The fraction of sp³-hybridized carbons (Fsp3) is 0.615. The smallest absolute Gasteiger partial charge is 0.303 e. The van der Waals surface area contributed by atoms with Crippen LogP contribution in [0.4, 0.5) is 0 Å².